The third kappa shape index (κ3) is 4.49. The molecule has 0 unspecified atom stereocenters. The maximum atomic E-state index is 5.90. The van der Waals surface area contributed by atoms with E-state index in [4.69, 9.17) is 18.3 Å². The van der Waals surface area contributed by atoms with Crippen molar-refractivity contribution in [2.45, 2.75) is 26.9 Å². The number of hydrogen-bond donors (Lipinski definition) is 2. The van der Waals surface area contributed by atoms with Crippen molar-refractivity contribution in [2.24, 2.45) is 0 Å². The Kier molecular flexibility index (Phi) is 6.06. The normalized spacial score (nSPS) is 19.1. The van der Waals surface area contributed by atoms with Gasteiger partial charge in [-0.05, 0) is 38.1 Å². The summed E-state index contributed by atoms with van der Waals surface area (Å²) in [5, 5.41) is 8.46. The molecule has 0 aliphatic carbocycles. The van der Waals surface area contributed by atoms with Gasteiger partial charge in [-0.25, -0.2) is 0 Å². The van der Waals surface area contributed by atoms with Crippen LogP contribution in [0.25, 0.3) is 11.5 Å². The minimum absolute atomic E-state index is 0.538. The Morgan fingerprint density at radius 2 is 1.57 bits per heavy atom. The van der Waals surface area contributed by atoms with Gasteiger partial charge in [0.25, 0.3) is 11.8 Å². The molecule has 1 aliphatic heterocycles. The monoisotopic (exact) mass is 414 g/mol. The zero-order valence-corrected chi connectivity index (χ0v) is 18.1. The van der Waals surface area contributed by atoms with E-state index in [1.807, 2.05) is 26.0 Å². The molecule has 0 spiro atoms. The maximum Gasteiger partial charge on any atom is 0.271 e. The molecule has 0 amide bonds. The molecule has 30 heavy (non-hydrogen) atoms. The largest absolute Gasteiger partial charge is 0.493 e. The number of quaternary nitrogens is 2. The number of furan rings is 1. The number of aromatic nitrogens is 2. The smallest absolute Gasteiger partial charge is 0.271 e. The number of rotatable bonds is 7. The Balaban J connectivity index is 1.31. The fraction of sp³-hybridized carbons (Fsp3) is 0.455. The third-order valence-electron chi connectivity index (χ3n) is 5.71. The first kappa shape index (κ1) is 20.4. The van der Waals surface area contributed by atoms with Crippen LogP contribution in [0.2, 0.25) is 0 Å². The minimum Gasteiger partial charge on any atom is -0.493 e. The number of ether oxygens (including phenoxy) is 2. The van der Waals surface area contributed by atoms with E-state index in [1.54, 1.807) is 19.1 Å². The first-order valence-corrected chi connectivity index (χ1v) is 10.3. The van der Waals surface area contributed by atoms with Gasteiger partial charge in [-0.1, -0.05) is 0 Å². The number of nitrogens with one attached hydrogen (secondary N) is 2. The molecule has 8 heteroatoms. The van der Waals surface area contributed by atoms with Crippen LogP contribution in [0.15, 0.2) is 33.1 Å². The van der Waals surface area contributed by atoms with Crippen LogP contribution >= 0.6 is 0 Å². The van der Waals surface area contributed by atoms with Crippen LogP contribution in [0.4, 0.5) is 0 Å². The second-order valence-corrected chi connectivity index (χ2v) is 7.87. The van der Waals surface area contributed by atoms with Gasteiger partial charge in [0, 0.05) is 5.56 Å². The second kappa shape index (κ2) is 8.89. The number of hydrogen-bond acceptors (Lipinski definition) is 6. The van der Waals surface area contributed by atoms with Gasteiger partial charge in [0.2, 0.25) is 0 Å². The van der Waals surface area contributed by atoms with Crippen molar-refractivity contribution in [1.29, 1.82) is 0 Å². The van der Waals surface area contributed by atoms with Crippen molar-refractivity contribution < 1.29 is 28.1 Å². The average Bonchev–Trinajstić information content (AvgIpc) is 3.34. The molecule has 2 N–H and O–H groups in total. The summed E-state index contributed by atoms with van der Waals surface area (Å²) in [6.07, 6.45) is 0. The zero-order chi connectivity index (χ0) is 21.1. The van der Waals surface area contributed by atoms with Crippen LogP contribution in [0.1, 0.15) is 23.0 Å². The van der Waals surface area contributed by atoms with E-state index in [1.165, 1.54) is 10.5 Å². The predicted molar refractivity (Wildman–Crippen MR) is 110 cm³/mol. The van der Waals surface area contributed by atoms with Crippen LogP contribution in [0, 0.1) is 13.8 Å². The molecule has 3 heterocycles. The summed E-state index contributed by atoms with van der Waals surface area (Å²) in [4.78, 5) is 3.04. The van der Waals surface area contributed by atoms with Crippen molar-refractivity contribution >= 4 is 0 Å². The number of benzene rings is 1. The van der Waals surface area contributed by atoms with E-state index >= 15 is 0 Å². The molecule has 1 saturated heterocycles. The first-order chi connectivity index (χ1) is 14.6. The Bertz CT molecular complexity index is 989. The van der Waals surface area contributed by atoms with Gasteiger partial charge in [-0.3, -0.25) is 0 Å². The molecule has 1 aromatic carbocycles. The molecule has 0 saturated carbocycles. The summed E-state index contributed by atoms with van der Waals surface area (Å²) in [7, 11) is 3.34. The first-order valence-electron chi connectivity index (χ1n) is 10.3. The molecule has 1 fully saturated rings. The summed E-state index contributed by atoms with van der Waals surface area (Å²) in [5.41, 5.74) is 2.14. The molecule has 2 aromatic heterocycles. The summed E-state index contributed by atoms with van der Waals surface area (Å²) in [6.45, 7) is 9.92. The maximum absolute atomic E-state index is 5.90. The lowest BCUT2D eigenvalue weighted by Gasteiger charge is -2.29. The van der Waals surface area contributed by atoms with Crippen LogP contribution in [-0.4, -0.2) is 50.6 Å². The topological polar surface area (TPSA) is 79.4 Å². The number of aryl methyl sites for hydroxylation is 2. The molecule has 0 atom stereocenters. The molecule has 8 nitrogen and oxygen atoms in total. The van der Waals surface area contributed by atoms with E-state index < -0.39 is 0 Å². The Hall–Kier alpha value is -2.84. The Labute approximate surface area is 176 Å². The van der Waals surface area contributed by atoms with E-state index in [9.17, 15) is 0 Å². The van der Waals surface area contributed by atoms with Gasteiger partial charge in [-0.15, -0.1) is 10.2 Å². The minimum atomic E-state index is 0.538. The Morgan fingerprint density at radius 1 is 0.867 bits per heavy atom. The van der Waals surface area contributed by atoms with Crippen LogP contribution in [0.3, 0.4) is 0 Å². The highest BCUT2D eigenvalue weighted by Gasteiger charge is 2.25. The van der Waals surface area contributed by atoms with Crippen LogP contribution in [-0.2, 0) is 13.1 Å². The standard InChI is InChI=1S/C22H28N4O4/c1-15-11-18(16(2)29-15)22-24-23-21(30-22)14-26-9-7-25(8-10-26)13-17-5-6-19(27-3)20(12-17)28-4/h5-6,11-12H,7-10,13-14H2,1-4H3/p+2. The SMILES string of the molecule is COc1ccc(C[NH+]2CC[NH+](Cc3nnc(-c4cc(C)oc4C)o3)CC2)cc1OC. The summed E-state index contributed by atoms with van der Waals surface area (Å²) in [6, 6.07) is 8.11. The van der Waals surface area contributed by atoms with Gasteiger partial charge in [0.1, 0.15) is 44.2 Å². The highest BCUT2D eigenvalue weighted by atomic mass is 16.5. The van der Waals surface area contributed by atoms with Crippen molar-refractivity contribution in [2.75, 3.05) is 40.4 Å². The fourth-order valence-corrected chi connectivity index (χ4v) is 4.08. The van der Waals surface area contributed by atoms with Crippen LogP contribution < -0.4 is 19.3 Å². The zero-order valence-electron chi connectivity index (χ0n) is 18.1. The highest BCUT2D eigenvalue weighted by molar-refractivity contribution is 5.55. The molecule has 3 aromatic rings. The van der Waals surface area contributed by atoms with Crippen molar-refractivity contribution in [1.82, 2.24) is 10.2 Å². The Morgan fingerprint density at radius 3 is 2.20 bits per heavy atom. The summed E-state index contributed by atoms with van der Waals surface area (Å²) < 4.78 is 22.2. The van der Waals surface area contributed by atoms with Gasteiger partial charge in [-0.2, -0.15) is 0 Å². The average molecular weight is 415 g/mol. The highest BCUT2D eigenvalue weighted by Crippen LogP contribution is 2.27. The summed E-state index contributed by atoms with van der Waals surface area (Å²) in [5.74, 6) is 4.43. The van der Waals surface area contributed by atoms with Gasteiger partial charge < -0.3 is 28.1 Å². The van der Waals surface area contributed by atoms with Crippen molar-refractivity contribution in [3.8, 4) is 23.0 Å². The number of nitrogens with zero attached hydrogens (tertiary/aromatic N) is 2. The van der Waals surface area contributed by atoms with E-state index in [2.05, 4.69) is 22.3 Å². The molecular weight excluding hydrogens is 384 g/mol. The summed E-state index contributed by atoms with van der Waals surface area (Å²) >= 11 is 0. The lowest BCUT2D eigenvalue weighted by Crippen LogP contribution is -3.27. The molecular formula is C22H30N4O4+2. The molecule has 160 valence electrons. The quantitative estimate of drug-likeness (QED) is 0.584. The second-order valence-electron chi connectivity index (χ2n) is 7.87. The van der Waals surface area contributed by atoms with Gasteiger partial charge >= 0.3 is 0 Å². The lowest BCUT2D eigenvalue weighted by molar-refractivity contribution is -1.02. The van der Waals surface area contributed by atoms with Gasteiger partial charge in [0.15, 0.2) is 18.0 Å². The van der Waals surface area contributed by atoms with Crippen LogP contribution in [0.5, 0.6) is 11.5 Å². The predicted octanol–water partition coefficient (Wildman–Crippen LogP) is 0.447. The number of piperazine rings is 1. The van der Waals surface area contributed by atoms with Gasteiger partial charge in [0.05, 0.1) is 19.8 Å². The fourth-order valence-electron chi connectivity index (χ4n) is 4.08. The van der Waals surface area contributed by atoms with Crippen molar-refractivity contribution in [3.63, 3.8) is 0 Å². The molecule has 0 bridgehead atoms. The molecule has 0 radical (unpaired) electrons. The van der Waals surface area contributed by atoms with Crippen molar-refractivity contribution in [3.05, 3.63) is 47.2 Å². The third-order valence-corrected chi connectivity index (χ3v) is 5.71. The van der Waals surface area contributed by atoms with E-state index in [0.29, 0.717) is 11.8 Å². The lowest BCUT2D eigenvalue weighted by atomic mass is 10.1. The van der Waals surface area contributed by atoms with E-state index in [-0.39, 0.29) is 0 Å². The molecule has 4 rings (SSSR count). The number of methoxy groups -OCH3 is 2. The van der Waals surface area contributed by atoms with E-state index in [0.717, 1.165) is 67.9 Å². The molecule has 1 aliphatic rings.